The Morgan fingerprint density at radius 1 is 1.42 bits per heavy atom. The maximum atomic E-state index is 11.1. The average molecular weight is 261 g/mol. The Balaban J connectivity index is 1.49. The Bertz CT molecular complexity index is 610. The molecule has 1 aliphatic rings. The molecular formula is C14H19N3O2. The maximum absolute atomic E-state index is 11.1. The number of rotatable bonds is 5. The zero-order valence-corrected chi connectivity index (χ0v) is 10.8. The van der Waals surface area contributed by atoms with Crippen molar-refractivity contribution in [3.05, 3.63) is 34.3 Å². The van der Waals surface area contributed by atoms with Crippen LogP contribution in [0.2, 0.25) is 0 Å². The third kappa shape index (κ3) is 2.88. The predicted octanol–water partition coefficient (Wildman–Crippen LogP) is 0.991. The number of fused-ring (bicyclic) bond motifs is 1. The van der Waals surface area contributed by atoms with Gasteiger partial charge < -0.3 is 15.5 Å². The van der Waals surface area contributed by atoms with E-state index in [0.717, 1.165) is 43.8 Å². The van der Waals surface area contributed by atoms with Gasteiger partial charge in [-0.1, -0.05) is 6.07 Å². The molecule has 0 atom stereocenters. The number of benzene rings is 1. The Kier molecular flexibility index (Phi) is 3.40. The summed E-state index contributed by atoms with van der Waals surface area (Å²) in [6, 6.07) is 6.24. The van der Waals surface area contributed by atoms with Crippen molar-refractivity contribution in [2.24, 2.45) is 11.7 Å². The highest BCUT2D eigenvalue weighted by atomic mass is 16.4. The Labute approximate surface area is 111 Å². The van der Waals surface area contributed by atoms with E-state index in [-0.39, 0.29) is 0 Å². The van der Waals surface area contributed by atoms with Crippen LogP contribution >= 0.6 is 0 Å². The fourth-order valence-electron chi connectivity index (χ4n) is 2.65. The number of nitrogens with one attached hydrogen (secondary N) is 2. The van der Waals surface area contributed by atoms with E-state index >= 15 is 0 Å². The van der Waals surface area contributed by atoms with Gasteiger partial charge in [-0.2, -0.15) is 0 Å². The van der Waals surface area contributed by atoms with Gasteiger partial charge >= 0.3 is 5.76 Å². The van der Waals surface area contributed by atoms with Crippen LogP contribution in [0.1, 0.15) is 18.4 Å². The first-order chi connectivity index (χ1) is 9.20. The van der Waals surface area contributed by atoms with Crippen molar-refractivity contribution in [2.45, 2.75) is 25.3 Å². The summed E-state index contributed by atoms with van der Waals surface area (Å²) in [5.74, 6) is 0.356. The number of nitrogens with two attached hydrogens (primary N) is 1. The molecule has 0 unspecified atom stereocenters. The second-order valence-electron chi connectivity index (χ2n) is 5.40. The van der Waals surface area contributed by atoms with Crippen molar-refractivity contribution < 1.29 is 4.42 Å². The first-order valence-electron chi connectivity index (χ1n) is 6.79. The molecule has 1 heterocycles. The Morgan fingerprint density at radius 3 is 3.05 bits per heavy atom. The molecule has 4 N–H and O–H groups in total. The van der Waals surface area contributed by atoms with E-state index in [4.69, 9.17) is 10.2 Å². The van der Waals surface area contributed by atoms with Gasteiger partial charge in [-0.25, -0.2) is 4.79 Å². The lowest BCUT2D eigenvalue weighted by Gasteiger charge is -2.32. The number of aromatic nitrogens is 1. The first-order valence-corrected chi connectivity index (χ1v) is 6.79. The number of H-pyrrole nitrogens is 1. The molecule has 0 amide bonds. The van der Waals surface area contributed by atoms with Crippen molar-refractivity contribution in [3.63, 3.8) is 0 Å². The van der Waals surface area contributed by atoms with Gasteiger partial charge in [0.1, 0.15) is 0 Å². The molecule has 0 saturated heterocycles. The van der Waals surface area contributed by atoms with Gasteiger partial charge in [-0.05, 0) is 56.0 Å². The lowest BCUT2D eigenvalue weighted by atomic mass is 9.81. The second kappa shape index (κ2) is 5.19. The summed E-state index contributed by atoms with van der Waals surface area (Å²) >= 11 is 0. The zero-order chi connectivity index (χ0) is 13.2. The predicted molar refractivity (Wildman–Crippen MR) is 74.1 cm³/mol. The zero-order valence-electron chi connectivity index (χ0n) is 10.8. The van der Waals surface area contributed by atoms with E-state index in [2.05, 4.69) is 10.3 Å². The molecule has 2 aromatic rings. The van der Waals surface area contributed by atoms with Gasteiger partial charge in [0.15, 0.2) is 5.58 Å². The van der Waals surface area contributed by atoms with E-state index in [1.54, 1.807) is 0 Å². The SMILES string of the molecule is NC1CC(CNCCc2ccc3oc(=O)[nH]c3c2)C1. The minimum Gasteiger partial charge on any atom is -0.408 e. The van der Waals surface area contributed by atoms with E-state index in [9.17, 15) is 4.79 Å². The van der Waals surface area contributed by atoms with Crippen LogP contribution in [0, 0.1) is 5.92 Å². The van der Waals surface area contributed by atoms with Crippen LogP contribution in [0.15, 0.2) is 27.4 Å². The molecule has 5 heteroatoms. The van der Waals surface area contributed by atoms with E-state index < -0.39 is 5.76 Å². The molecule has 1 aromatic heterocycles. The van der Waals surface area contributed by atoms with Crippen LogP contribution < -0.4 is 16.8 Å². The molecule has 1 saturated carbocycles. The van der Waals surface area contributed by atoms with Crippen LogP contribution in [0.3, 0.4) is 0 Å². The minimum atomic E-state index is -0.397. The number of aromatic amines is 1. The minimum absolute atomic E-state index is 0.397. The molecule has 0 spiro atoms. The third-order valence-corrected chi connectivity index (χ3v) is 3.78. The summed E-state index contributed by atoms with van der Waals surface area (Å²) in [4.78, 5) is 13.7. The van der Waals surface area contributed by atoms with E-state index in [0.29, 0.717) is 11.6 Å². The summed E-state index contributed by atoms with van der Waals surface area (Å²) in [5.41, 5.74) is 8.34. The standard InChI is InChI=1S/C14H19N3O2/c15-11-5-10(6-11)8-16-4-3-9-1-2-13-12(7-9)17-14(18)19-13/h1-2,7,10-11,16H,3-6,8,15H2,(H,17,18). The molecule has 3 rings (SSSR count). The molecular weight excluding hydrogens is 242 g/mol. The summed E-state index contributed by atoms with van der Waals surface area (Å²) < 4.78 is 4.97. The third-order valence-electron chi connectivity index (χ3n) is 3.78. The van der Waals surface area contributed by atoms with Crippen molar-refractivity contribution in [3.8, 4) is 0 Å². The van der Waals surface area contributed by atoms with Crippen molar-refractivity contribution in [2.75, 3.05) is 13.1 Å². The highest BCUT2D eigenvalue weighted by Gasteiger charge is 2.24. The monoisotopic (exact) mass is 261 g/mol. The molecule has 102 valence electrons. The van der Waals surface area contributed by atoms with Gasteiger partial charge in [0, 0.05) is 6.04 Å². The van der Waals surface area contributed by atoms with Crippen LogP contribution in [0.25, 0.3) is 11.1 Å². The second-order valence-corrected chi connectivity index (χ2v) is 5.40. The topological polar surface area (TPSA) is 84.0 Å². The van der Waals surface area contributed by atoms with Gasteiger partial charge in [-0.3, -0.25) is 4.98 Å². The smallest absolute Gasteiger partial charge is 0.408 e. The lowest BCUT2D eigenvalue weighted by Crippen LogP contribution is -2.41. The first kappa shape index (κ1) is 12.4. The quantitative estimate of drug-likeness (QED) is 0.701. The number of hydrogen-bond acceptors (Lipinski definition) is 4. The fourth-order valence-corrected chi connectivity index (χ4v) is 2.65. The molecule has 0 bridgehead atoms. The largest absolute Gasteiger partial charge is 0.417 e. The fraction of sp³-hybridized carbons (Fsp3) is 0.500. The number of hydrogen-bond donors (Lipinski definition) is 3. The molecule has 0 aliphatic heterocycles. The van der Waals surface area contributed by atoms with Crippen molar-refractivity contribution >= 4 is 11.1 Å². The van der Waals surface area contributed by atoms with Gasteiger partial charge in [0.25, 0.3) is 0 Å². The molecule has 1 aliphatic carbocycles. The Hall–Kier alpha value is -1.59. The van der Waals surface area contributed by atoms with Crippen molar-refractivity contribution in [1.82, 2.24) is 10.3 Å². The molecule has 19 heavy (non-hydrogen) atoms. The summed E-state index contributed by atoms with van der Waals surface area (Å²) in [6.07, 6.45) is 3.24. The maximum Gasteiger partial charge on any atom is 0.417 e. The van der Waals surface area contributed by atoms with Gasteiger partial charge in [0.2, 0.25) is 0 Å². The van der Waals surface area contributed by atoms with Gasteiger partial charge in [0.05, 0.1) is 5.52 Å². The van der Waals surface area contributed by atoms with Crippen molar-refractivity contribution in [1.29, 1.82) is 0 Å². The average Bonchev–Trinajstić information content (AvgIpc) is 2.71. The number of oxazole rings is 1. The summed E-state index contributed by atoms with van der Waals surface area (Å²) in [7, 11) is 0. The van der Waals surface area contributed by atoms with E-state index in [1.165, 1.54) is 5.56 Å². The van der Waals surface area contributed by atoms with Crippen LogP contribution in [0.4, 0.5) is 0 Å². The molecule has 0 radical (unpaired) electrons. The van der Waals surface area contributed by atoms with E-state index in [1.807, 2.05) is 18.2 Å². The van der Waals surface area contributed by atoms with Crippen LogP contribution in [-0.2, 0) is 6.42 Å². The highest BCUT2D eigenvalue weighted by molar-refractivity contribution is 5.72. The molecule has 5 nitrogen and oxygen atoms in total. The lowest BCUT2D eigenvalue weighted by molar-refractivity contribution is 0.257. The normalized spacial score (nSPS) is 22.6. The Morgan fingerprint density at radius 2 is 2.26 bits per heavy atom. The highest BCUT2D eigenvalue weighted by Crippen LogP contribution is 2.24. The molecule has 1 fully saturated rings. The summed E-state index contributed by atoms with van der Waals surface area (Å²) in [5, 5.41) is 3.46. The van der Waals surface area contributed by atoms with Crippen LogP contribution in [-0.4, -0.2) is 24.1 Å². The van der Waals surface area contributed by atoms with Crippen LogP contribution in [0.5, 0.6) is 0 Å². The summed E-state index contributed by atoms with van der Waals surface area (Å²) in [6.45, 7) is 2.00. The molecule has 1 aromatic carbocycles. The van der Waals surface area contributed by atoms with Gasteiger partial charge in [-0.15, -0.1) is 0 Å².